The van der Waals surface area contributed by atoms with E-state index in [0.29, 0.717) is 0 Å². The number of rotatable bonds is 5. The molecule has 2 aromatic rings. The van der Waals surface area contributed by atoms with Crippen LogP contribution in [0.25, 0.3) is 0 Å². The highest BCUT2D eigenvalue weighted by Crippen LogP contribution is 2.23. The highest BCUT2D eigenvalue weighted by Gasteiger charge is 2.23. The van der Waals surface area contributed by atoms with Crippen molar-refractivity contribution in [1.29, 1.82) is 0 Å². The summed E-state index contributed by atoms with van der Waals surface area (Å²) in [6.45, 7) is 4.21. The predicted octanol–water partition coefficient (Wildman–Crippen LogP) is 3.23. The van der Waals surface area contributed by atoms with Crippen molar-refractivity contribution in [1.82, 2.24) is 0 Å². The Morgan fingerprint density at radius 3 is 2.25 bits per heavy atom. The van der Waals surface area contributed by atoms with Gasteiger partial charge in [-0.1, -0.05) is 61.5 Å². The number of benzene rings is 2. The van der Waals surface area contributed by atoms with Crippen molar-refractivity contribution in [3.05, 3.63) is 71.3 Å². The molecule has 3 atom stereocenters. The molecular weight excluding hydrogens is 246 g/mol. The van der Waals surface area contributed by atoms with Gasteiger partial charge in [0.25, 0.3) is 0 Å². The number of nitrogens with two attached hydrogens (primary N) is 1. The molecule has 3 N–H and O–H groups in total. The average molecular weight is 269 g/mol. The highest BCUT2D eigenvalue weighted by atomic mass is 16.3. The molecule has 2 rings (SSSR count). The number of hydrogen-bond acceptors (Lipinski definition) is 2. The number of hydrogen-bond donors (Lipinski definition) is 2. The van der Waals surface area contributed by atoms with E-state index in [9.17, 15) is 5.11 Å². The fourth-order valence-corrected chi connectivity index (χ4v) is 2.51. The smallest absolute Gasteiger partial charge is 0.0943 e. The Labute approximate surface area is 121 Å². The van der Waals surface area contributed by atoms with Crippen LogP contribution >= 0.6 is 0 Å². The van der Waals surface area contributed by atoms with Crippen LogP contribution in [0, 0.1) is 12.8 Å². The minimum Gasteiger partial charge on any atom is -0.387 e. The van der Waals surface area contributed by atoms with Crippen molar-refractivity contribution in [2.45, 2.75) is 32.4 Å². The molecule has 2 nitrogen and oxygen atoms in total. The maximum Gasteiger partial charge on any atom is 0.0943 e. The molecular formula is C18H23NO. The van der Waals surface area contributed by atoms with Gasteiger partial charge < -0.3 is 10.8 Å². The van der Waals surface area contributed by atoms with Crippen LogP contribution in [0.5, 0.6) is 0 Å². The molecule has 0 heterocycles. The molecule has 0 aromatic heterocycles. The third-order valence-electron chi connectivity index (χ3n) is 3.97. The van der Waals surface area contributed by atoms with Gasteiger partial charge in [-0.05, 0) is 36.0 Å². The maximum atomic E-state index is 10.4. The summed E-state index contributed by atoms with van der Waals surface area (Å²) in [5.41, 5.74) is 9.71. The highest BCUT2D eigenvalue weighted by molar-refractivity contribution is 5.26. The van der Waals surface area contributed by atoms with Gasteiger partial charge in [-0.2, -0.15) is 0 Å². The molecule has 20 heavy (non-hydrogen) atoms. The quantitative estimate of drug-likeness (QED) is 0.875. The summed E-state index contributed by atoms with van der Waals surface area (Å²) in [6.07, 6.45) is 0.271. The molecule has 0 radical (unpaired) electrons. The van der Waals surface area contributed by atoms with E-state index in [1.807, 2.05) is 42.5 Å². The van der Waals surface area contributed by atoms with E-state index in [2.05, 4.69) is 26.0 Å². The largest absolute Gasteiger partial charge is 0.387 e. The van der Waals surface area contributed by atoms with Crippen molar-refractivity contribution < 1.29 is 5.11 Å². The summed E-state index contributed by atoms with van der Waals surface area (Å²) in [4.78, 5) is 0. The van der Waals surface area contributed by atoms with Gasteiger partial charge in [0.1, 0.15) is 0 Å². The minimum atomic E-state index is -0.616. The van der Waals surface area contributed by atoms with E-state index in [1.54, 1.807) is 0 Å². The van der Waals surface area contributed by atoms with Gasteiger partial charge in [-0.25, -0.2) is 0 Å². The third-order valence-corrected chi connectivity index (χ3v) is 3.97. The zero-order valence-corrected chi connectivity index (χ0v) is 12.2. The Morgan fingerprint density at radius 1 is 1.00 bits per heavy atom. The fourth-order valence-electron chi connectivity index (χ4n) is 2.51. The molecule has 0 aliphatic rings. The maximum absolute atomic E-state index is 10.4. The molecule has 106 valence electrons. The second-order valence-electron chi connectivity index (χ2n) is 5.54. The molecule has 2 aromatic carbocycles. The van der Waals surface area contributed by atoms with Crippen LogP contribution in [0.15, 0.2) is 54.6 Å². The van der Waals surface area contributed by atoms with Crippen molar-refractivity contribution >= 4 is 0 Å². The molecule has 3 unspecified atom stereocenters. The van der Waals surface area contributed by atoms with Gasteiger partial charge in [0, 0.05) is 6.04 Å². The summed E-state index contributed by atoms with van der Waals surface area (Å²) >= 11 is 0. The summed E-state index contributed by atoms with van der Waals surface area (Å²) in [5, 5.41) is 10.4. The summed E-state index contributed by atoms with van der Waals surface area (Å²) in [7, 11) is 0. The van der Waals surface area contributed by atoms with Crippen molar-refractivity contribution in [2.75, 3.05) is 0 Å². The lowest BCUT2D eigenvalue weighted by molar-refractivity contribution is 0.121. The predicted molar refractivity (Wildman–Crippen MR) is 83.4 cm³/mol. The van der Waals surface area contributed by atoms with Crippen LogP contribution in [0.2, 0.25) is 0 Å². The second-order valence-corrected chi connectivity index (χ2v) is 5.54. The van der Waals surface area contributed by atoms with E-state index in [-0.39, 0.29) is 12.0 Å². The van der Waals surface area contributed by atoms with E-state index in [0.717, 1.165) is 12.0 Å². The summed E-state index contributed by atoms with van der Waals surface area (Å²) in [5.74, 6) is 0.214. The van der Waals surface area contributed by atoms with Crippen LogP contribution in [-0.2, 0) is 6.42 Å². The van der Waals surface area contributed by atoms with Gasteiger partial charge in [0.15, 0.2) is 0 Å². The van der Waals surface area contributed by atoms with E-state index < -0.39 is 6.10 Å². The number of aliphatic hydroxyl groups is 1. The minimum absolute atomic E-state index is 0.214. The van der Waals surface area contributed by atoms with Gasteiger partial charge in [0.05, 0.1) is 6.10 Å². The fraction of sp³-hybridized carbons (Fsp3) is 0.333. The SMILES string of the molecule is Cc1ccccc1CC(C)C(N)C(O)c1ccccc1. The monoisotopic (exact) mass is 269 g/mol. The first-order chi connectivity index (χ1) is 9.59. The average Bonchev–Trinajstić information content (AvgIpc) is 2.49. The second kappa shape index (κ2) is 6.69. The Kier molecular flexibility index (Phi) is 4.94. The summed E-state index contributed by atoms with van der Waals surface area (Å²) in [6, 6.07) is 17.7. The Bertz CT molecular complexity index is 538. The van der Waals surface area contributed by atoms with Crippen LogP contribution in [0.1, 0.15) is 29.7 Å². The molecule has 2 heteroatoms. The van der Waals surface area contributed by atoms with Gasteiger partial charge in [-0.3, -0.25) is 0 Å². The van der Waals surface area contributed by atoms with Gasteiger partial charge in [0.2, 0.25) is 0 Å². The molecule has 0 fully saturated rings. The number of aryl methyl sites for hydroxylation is 1. The Balaban J connectivity index is 2.05. The molecule has 0 saturated heterocycles. The van der Waals surface area contributed by atoms with Crippen molar-refractivity contribution in [2.24, 2.45) is 11.7 Å². The molecule has 0 saturated carbocycles. The van der Waals surface area contributed by atoms with Crippen LogP contribution in [0.4, 0.5) is 0 Å². The summed E-state index contributed by atoms with van der Waals surface area (Å²) < 4.78 is 0. The van der Waals surface area contributed by atoms with E-state index >= 15 is 0 Å². The zero-order valence-electron chi connectivity index (χ0n) is 12.2. The van der Waals surface area contributed by atoms with Gasteiger partial charge in [-0.15, -0.1) is 0 Å². The van der Waals surface area contributed by atoms with Crippen molar-refractivity contribution in [3.63, 3.8) is 0 Å². The lowest BCUT2D eigenvalue weighted by Gasteiger charge is -2.26. The lowest BCUT2D eigenvalue weighted by Crippen LogP contribution is -2.36. The van der Waals surface area contributed by atoms with Crippen LogP contribution in [-0.4, -0.2) is 11.1 Å². The first-order valence-electron chi connectivity index (χ1n) is 7.12. The zero-order chi connectivity index (χ0) is 14.5. The Morgan fingerprint density at radius 2 is 1.60 bits per heavy atom. The first-order valence-corrected chi connectivity index (χ1v) is 7.12. The first kappa shape index (κ1) is 14.8. The molecule has 0 aliphatic carbocycles. The third kappa shape index (κ3) is 3.47. The molecule has 0 spiro atoms. The lowest BCUT2D eigenvalue weighted by atomic mass is 9.87. The number of aliphatic hydroxyl groups excluding tert-OH is 1. The molecule has 0 amide bonds. The van der Waals surface area contributed by atoms with Crippen LogP contribution in [0.3, 0.4) is 0 Å². The molecule has 0 bridgehead atoms. The topological polar surface area (TPSA) is 46.2 Å². The normalized spacial score (nSPS) is 15.6. The van der Waals surface area contributed by atoms with Crippen molar-refractivity contribution in [3.8, 4) is 0 Å². The van der Waals surface area contributed by atoms with E-state index in [4.69, 9.17) is 5.73 Å². The molecule has 0 aliphatic heterocycles. The van der Waals surface area contributed by atoms with Crippen LogP contribution < -0.4 is 5.73 Å². The Hall–Kier alpha value is -1.64. The van der Waals surface area contributed by atoms with Gasteiger partial charge >= 0.3 is 0 Å². The van der Waals surface area contributed by atoms with E-state index in [1.165, 1.54) is 11.1 Å². The standard InChI is InChI=1S/C18H23NO/c1-13-8-6-7-11-16(13)12-14(2)17(19)18(20)15-9-4-3-5-10-15/h3-11,14,17-18,20H,12,19H2,1-2H3.